The SMILES string of the molecule is CN1CCC(Oc2cccc(NC(=O)c3ccccc3OC(F)(F)F)n2)CC1.[Cl-].[H+]. The highest BCUT2D eigenvalue weighted by molar-refractivity contribution is 6.05. The van der Waals surface area contributed by atoms with Crippen LogP contribution in [0.2, 0.25) is 0 Å². The summed E-state index contributed by atoms with van der Waals surface area (Å²) >= 11 is 0. The van der Waals surface area contributed by atoms with Crippen molar-refractivity contribution in [3.05, 3.63) is 48.0 Å². The van der Waals surface area contributed by atoms with Crippen LogP contribution in [-0.2, 0) is 0 Å². The van der Waals surface area contributed by atoms with Gasteiger partial charge in [-0.1, -0.05) is 18.2 Å². The van der Waals surface area contributed by atoms with Gasteiger partial charge in [0, 0.05) is 19.2 Å². The van der Waals surface area contributed by atoms with Gasteiger partial charge in [0.05, 0.1) is 5.56 Å². The minimum Gasteiger partial charge on any atom is -1.00 e. The van der Waals surface area contributed by atoms with Gasteiger partial charge in [-0.15, -0.1) is 13.2 Å². The monoisotopic (exact) mass is 431 g/mol. The van der Waals surface area contributed by atoms with Gasteiger partial charge in [0.15, 0.2) is 0 Å². The highest BCUT2D eigenvalue weighted by Crippen LogP contribution is 2.27. The molecule has 158 valence electrons. The molecule has 0 radical (unpaired) electrons. The number of halogens is 4. The second kappa shape index (κ2) is 9.80. The summed E-state index contributed by atoms with van der Waals surface area (Å²) in [5.41, 5.74) is -0.247. The number of hydrogen-bond acceptors (Lipinski definition) is 5. The Morgan fingerprint density at radius 1 is 1.17 bits per heavy atom. The highest BCUT2D eigenvalue weighted by Gasteiger charge is 2.32. The minimum atomic E-state index is -4.89. The molecule has 1 aliphatic heterocycles. The molecule has 0 saturated carbocycles. The van der Waals surface area contributed by atoms with Gasteiger partial charge in [-0.2, -0.15) is 4.98 Å². The van der Waals surface area contributed by atoms with Gasteiger partial charge in [-0.25, -0.2) is 0 Å². The van der Waals surface area contributed by atoms with E-state index in [1.165, 1.54) is 24.3 Å². The average molecular weight is 432 g/mol. The maximum absolute atomic E-state index is 12.5. The maximum atomic E-state index is 12.5. The molecule has 0 unspecified atom stereocenters. The van der Waals surface area contributed by atoms with Gasteiger partial charge in [0.1, 0.15) is 17.7 Å². The Labute approximate surface area is 173 Å². The number of aromatic nitrogens is 1. The summed E-state index contributed by atoms with van der Waals surface area (Å²) in [6.45, 7) is 1.86. The van der Waals surface area contributed by atoms with Crippen LogP contribution in [0.4, 0.5) is 19.0 Å². The summed E-state index contributed by atoms with van der Waals surface area (Å²) in [5.74, 6) is -0.806. The second-order valence-corrected chi connectivity index (χ2v) is 6.48. The predicted octanol–water partition coefficient (Wildman–Crippen LogP) is 0.822. The van der Waals surface area contributed by atoms with E-state index in [-0.39, 0.29) is 31.3 Å². The number of ether oxygens (including phenoxy) is 2. The second-order valence-electron chi connectivity index (χ2n) is 6.48. The van der Waals surface area contributed by atoms with Crippen LogP contribution in [0, 0.1) is 0 Å². The molecule has 2 heterocycles. The van der Waals surface area contributed by atoms with Crippen molar-refractivity contribution in [2.45, 2.75) is 25.3 Å². The lowest BCUT2D eigenvalue weighted by Gasteiger charge is -2.28. The molecule has 1 aromatic carbocycles. The zero-order valence-corrected chi connectivity index (χ0v) is 16.3. The molecule has 1 aliphatic rings. The molecule has 1 aromatic heterocycles. The first-order valence-electron chi connectivity index (χ1n) is 8.78. The number of anilines is 1. The van der Waals surface area contributed by atoms with Gasteiger partial charge in [0.2, 0.25) is 5.88 Å². The molecule has 0 atom stereocenters. The van der Waals surface area contributed by atoms with Crippen LogP contribution in [0.15, 0.2) is 42.5 Å². The van der Waals surface area contributed by atoms with Crippen molar-refractivity contribution in [3.63, 3.8) is 0 Å². The molecule has 1 amide bonds. The van der Waals surface area contributed by atoms with Crippen molar-refractivity contribution < 1.29 is 41.3 Å². The van der Waals surface area contributed by atoms with Crippen LogP contribution in [0.25, 0.3) is 0 Å². The van der Waals surface area contributed by atoms with E-state index in [4.69, 9.17) is 4.74 Å². The van der Waals surface area contributed by atoms with E-state index in [2.05, 4.69) is 19.9 Å². The number of rotatable bonds is 5. The van der Waals surface area contributed by atoms with Crippen molar-refractivity contribution >= 4 is 11.7 Å². The lowest BCUT2D eigenvalue weighted by molar-refractivity contribution is -0.274. The molecule has 1 fully saturated rings. The molecule has 1 saturated heterocycles. The van der Waals surface area contributed by atoms with Crippen LogP contribution >= 0.6 is 0 Å². The number of benzene rings is 1. The number of carbonyl (C=O) groups is 1. The molecule has 0 aliphatic carbocycles. The molecule has 2 aromatic rings. The Bertz CT molecular complexity index is 834. The third-order valence-corrected chi connectivity index (χ3v) is 4.28. The van der Waals surface area contributed by atoms with E-state index >= 15 is 0 Å². The van der Waals surface area contributed by atoms with Crippen LogP contribution in [0.1, 0.15) is 24.6 Å². The number of nitrogens with zero attached hydrogens (tertiary/aromatic N) is 2. The van der Waals surface area contributed by atoms with Crippen LogP contribution < -0.4 is 27.2 Å². The molecule has 29 heavy (non-hydrogen) atoms. The number of alkyl halides is 3. The highest BCUT2D eigenvalue weighted by atomic mass is 35.5. The summed E-state index contributed by atoms with van der Waals surface area (Å²) in [7, 11) is 2.05. The van der Waals surface area contributed by atoms with E-state index in [1.807, 2.05) is 7.05 Å². The van der Waals surface area contributed by atoms with Gasteiger partial charge in [0.25, 0.3) is 5.91 Å². The number of piperidine rings is 1. The van der Waals surface area contributed by atoms with Gasteiger partial charge >= 0.3 is 7.79 Å². The fourth-order valence-corrected chi connectivity index (χ4v) is 2.88. The van der Waals surface area contributed by atoms with Crippen molar-refractivity contribution in [3.8, 4) is 11.6 Å². The zero-order chi connectivity index (χ0) is 20.1. The van der Waals surface area contributed by atoms with E-state index in [1.54, 1.807) is 12.1 Å². The fourth-order valence-electron chi connectivity index (χ4n) is 2.88. The number of amides is 1. The van der Waals surface area contributed by atoms with Gasteiger partial charge < -0.3 is 32.1 Å². The zero-order valence-electron chi connectivity index (χ0n) is 16.6. The minimum absolute atomic E-state index is 0. The summed E-state index contributed by atoms with van der Waals surface area (Å²) < 4.78 is 47.3. The molecule has 10 heteroatoms. The summed E-state index contributed by atoms with van der Waals surface area (Å²) in [6.07, 6.45) is -3.11. The number of likely N-dealkylation sites (tertiary alicyclic amines) is 1. The first-order valence-corrected chi connectivity index (χ1v) is 8.78. The summed E-state index contributed by atoms with van der Waals surface area (Å²) in [5, 5.41) is 2.48. The third kappa shape index (κ3) is 6.79. The lowest BCUT2D eigenvalue weighted by Crippen LogP contribution is -3.00. The Morgan fingerprint density at radius 2 is 1.86 bits per heavy atom. The Hall–Kier alpha value is -2.52. The van der Waals surface area contributed by atoms with E-state index < -0.39 is 18.0 Å². The quantitative estimate of drug-likeness (QED) is 0.759. The molecule has 1 N–H and O–H groups in total. The fraction of sp³-hybridized carbons (Fsp3) is 0.368. The molecule has 3 rings (SSSR count). The molecular weight excluding hydrogens is 411 g/mol. The third-order valence-electron chi connectivity index (χ3n) is 4.28. The van der Waals surface area contributed by atoms with E-state index in [0.29, 0.717) is 5.88 Å². The average Bonchev–Trinajstić information content (AvgIpc) is 2.63. The number of nitrogens with one attached hydrogen (secondary N) is 1. The molecular formula is C19H21ClF3N3O3. The topological polar surface area (TPSA) is 63.7 Å². The number of hydrogen-bond donors (Lipinski definition) is 1. The lowest BCUT2D eigenvalue weighted by atomic mass is 10.1. The largest absolute Gasteiger partial charge is 1.00 e. The van der Waals surface area contributed by atoms with Crippen molar-refractivity contribution in [2.24, 2.45) is 0 Å². The van der Waals surface area contributed by atoms with Crippen molar-refractivity contribution in [2.75, 3.05) is 25.5 Å². The Morgan fingerprint density at radius 3 is 2.55 bits per heavy atom. The predicted molar refractivity (Wildman–Crippen MR) is 97.6 cm³/mol. The summed E-state index contributed by atoms with van der Waals surface area (Å²) in [6, 6.07) is 9.99. The van der Waals surface area contributed by atoms with E-state index in [9.17, 15) is 18.0 Å². The van der Waals surface area contributed by atoms with Gasteiger partial charge in [-0.05, 0) is 38.1 Å². The Kier molecular flexibility index (Phi) is 7.69. The smallest absolute Gasteiger partial charge is 1.00 e. The Balaban J connectivity index is 0.00000225. The molecule has 0 bridgehead atoms. The first-order chi connectivity index (χ1) is 13.3. The molecule has 0 spiro atoms. The normalized spacial score (nSPS) is 15.3. The number of carbonyl (C=O) groups excluding carboxylic acids is 1. The molecule has 6 nitrogen and oxygen atoms in total. The summed E-state index contributed by atoms with van der Waals surface area (Å²) in [4.78, 5) is 18.9. The standard InChI is InChI=1S/C19H20F3N3O3.ClH/c1-25-11-9-13(10-12-25)27-17-8-4-7-16(23-17)24-18(26)14-5-2-3-6-15(14)28-19(20,21)22;/h2-8,13H,9-12H2,1H3,(H,23,24,26);1H. The maximum Gasteiger partial charge on any atom is 1.00 e. The van der Waals surface area contributed by atoms with Crippen molar-refractivity contribution in [1.82, 2.24) is 9.88 Å². The first kappa shape index (κ1) is 22.8. The van der Waals surface area contributed by atoms with E-state index in [0.717, 1.165) is 32.0 Å². The van der Waals surface area contributed by atoms with Gasteiger partial charge in [-0.3, -0.25) is 4.79 Å². The van der Waals surface area contributed by atoms with Crippen LogP contribution in [0.5, 0.6) is 11.6 Å². The number of para-hydroxylation sites is 1. The number of pyridine rings is 1. The van der Waals surface area contributed by atoms with Crippen LogP contribution in [-0.4, -0.2) is 48.4 Å². The van der Waals surface area contributed by atoms with Crippen LogP contribution in [0.3, 0.4) is 0 Å². The van der Waals surface area contributed by atoms with Crippen molar-refractivity contribution in [1.29, 1.82) is 0 Å².